The van der Waals surface area contributed by atoms with E-state index < -0.39 is 0 Å². The number of halogens is 1. The molecule has 1 aliphatic heterocycles. The van der Waals surface area contributed by atoms with Crippen molar-refractivity contribution in [2.45, 2.75) is 12.5 Å². The van der Waals surface area contributed by atoms with E-state index in [1.165, 1.54) is 0 Å². The van der Waals surface area contributed by atoms with E-state index in [9.17, 15) is 4.39 Å². The largest absolute Gasteiger partial charge is 0.315 e. The molecule has 0 aliphatic carbocycles. The minimum atomic E-state index is -0.202. The van der Waals surface area contributed by atoms with Crippen LogP contribution in [-0.2, 0) is 0 Å². The molecule has 3 nitrogen and oxygen atoms in total. The van der Waals surface area contributed by atoms with Crippen LogP contribution in [0.15, 0.2) is 60.7 Å². The molecule has 1 aliphatic rings. The van der Waals surface area contributed by atoms with E-state index in [0.717, 1.165) is 54.8 Å². The van der Waals surface area contributed by atoms with E-state index in [1.54, 1.807) is 12.1 Å². The number of hydrogen-bond donors (Lipinski definition) is 1. The van der Waals surface area contributed by atoms with Crippen LogP contribution in [0.25, 0.3) is 10.9 Å². The van der Waals surface area contributed by atoms with E-state index in [-0.39, 0.29) is 11.9 Å². The van der Waals surface area contributed by atoms with Crippen molar-refractivity contribution in [1.82, 2.24) is 15.2 Å². The van der Waals surface area contributed by atoms with Crippen molar-refractivity contribution in [1.29, 1.82) is 0 Å². The Hall–Kier alpha value is -2.30. The van der Waals surface area contributed by atoms with Gasteiger partial charge in [-0.1, -0.05) is 36.4 Å². The Morgan fingerprint density at radius 3 is 2.64 bits per heavy atom. The lowest BCUT2D eigenvalue weighted by atomic mass is 10.00. The van der Waals surface area contributed by atoms with Crippen LogP contribution in [0.2, 0.25) is 0 Å². The van der Waals surface area contributed by atoms with Crippen LogP contribution in [0, 0.1) is 5.82 Å². The zero-order valence-corrected chi connectivity index (χ0v) is 14.2. The molecule has 1 saturated heterocycles. The molecule has 25 heavy (non-hydrogen) atoms. The Bertz CT molecular complexity index is 839. The van der Waals surface area contributed by atoms with Gasteiger partial charge in [0.05, 0.1) is 17.3 Å². The van der Waals surface area contributed by atoms with Gasteiger partial charge in [-0.3, -0.25) is 9.88 Å². The van der Waals surface area contributed by atoms with Gasteiger partial charge in [-0.25, -0.2) is 4.39 Å². The third kappa shape index (κ3) is 3.55. The second-order valence-corrected chi connectivity index (χ2v) is 6.52. The molecule has 1 unspecified atom stereocenters. The maximum absolute atomic E-state index is 13.4. The Labute approximate surface area is 147 Å². The molecule has 2 heterocycles. The van der Waals surface area contributed by atoms with Crippen molar-refractivity contribution in [3.8, 4) is 0 Å². The number of para-hydroxylation sites is 1. The fourth-order valence-electron chi connectivity index (χ4n) is 3.57. The molecule has 1 N–H and O–H groups in total. The average Bonchev–Trinajstić information content (AvgIpc) is 2.93. The number of nitrogens with one attached hydrogen (secondary N) is 1. The molecule has 128 valence electrons. The maximum Gasteiger partial charge on any atom is 0.123 e. The van der Waals surface area contributed by atoms with E-state index in [0.29, 0.717) is 0 Å². The number of nitrogens with zero attached hydrogens (tertiary/aromatic N) is 2. The van der Waals surface area contributed by atoms with Gasteiger partial charge in [0.15, 0.2) is 0 Å². The van der Waals surface area contributed by atoms with Gasteiger partial charge in [-0.05, 0) is 42.8 Å². The van der Waals surface area contributed by atoms with Gasteiger partial charge in [0, 0.05) is 25.0 Å². The highest BCUT2D eigenvalue weighted by atomic mass is 19.1. The fourth-order valence-corrected chi connectivity index (χ4v) is 3.57. The highest BCUT2D eigenvalue weighted by molar-refractivity contribution is 5.78. The highest BCUT2D eigenvalue weighted by Crippen LogP contribution is 2.29. The van der Waals surface area contributed by atoms with Crippen molar-refractivity contribution in [3.05, 3.63) is 77.7 Å². The summed E-state index contributed by atoms with van der Waals surface area (Å²) >= 11 is 0. The number of rotatable bonds is 3. The molecule has 0 bridgehead atoms. The monoisotopic (exact) mass is 335 g/mol. The third-order valence-corrected chi connectivity index (χ3v) is 4.83. The van der Waals surface area contributed by atoms with Crippen LogP contribution in [0.3, 0.4) is 0 Å². The normalized spacial score (nSPS) is 17.3. The Morgan fingerprint density at radius 1 is 0.920 bits per heavy atom. The summed E-state index contributed by atoms with van der Waals surface area (Å²) in [5.74, 6) is -0.202. The predicted molar refractivity (Wildman–Crippen MR) is 99.0 cm³/mol. The number of fused-ring (bicyclic) bond motifs is 1. The fraction of sp³-hybridized carbons (Fsp3) is 0.286. The number of hydrogen-bond acceptors (Lipinski definition) is 3. The van der Waals surface area contributed by atoms with Gasteiger partial charge in [0.1, 0.15) is 5.82 Å². The standard InChI is InChI=1S/C21H22FN3/c22-18-9-6-17(7-10-18)21(25-14-3-12-23-13-15-25)20-11-8-16-4-1-2-5-19(16)24-20/h1-2,4-11,21,23H,3,12-15H2. The zero-order chi connectivity index (χ0) is 17.1. The first-order valence-corrected chi connectivity index (χ1v) is 8.87. The Balaban J connectivity index is 1.78. The van der Waals surface area contributed by atoms with Crippen molar-refractivity contribution in [2.24, 2.45) is 0 Å². The zero-order valence-electron chi connectivity index (χ0n) is 14.2. The van der Waals surface area contributed by atoms with Crippen molar-refractivity contribution < 1.29 is 4.39 Å². The summed E-state index contributed by atoms with van der Waals surface area (Å²) in [5.41, 5.74) is 3.11. The van der Waals surface area contributed by atoms with Gasteiger partial charge < -0.3 is 5.32 Å². The molecule has 0 radical (unpaired) electrons. The lowest BCUT2D eigenvalue weighted by Crippen LogP contribution is -2.33. The van der Waals surface area contributed by atoms with Gasteiger partial charge in [-0.15, -0.1) is 0 Å². The number of aromatic nitrogens is 1. The Kier molecular flexibility index (Phi) is 4.72. The van der Waals surface area contributed by atoms with Crippen molar-refractivity contribution in [2.75, 3.05) is 26.2 Å². The van der Waals surface area contributed by atoms with E-state index in [1.807, 2.05) is 30.3 Å². The minimum absolute atomic E-state index is 0.0464. The molecular formula is C21H22FN3. The Morgan fingerprint density at radius 2 is 1.76 bits per heavy atom. The lowest BCUT2D eigenvalue weighted by Gasteiger charge is -2.30. The molecule has 2 aromatic carbocycles. The van der Waals surface area contributed by atoms with Gasteiger partial charge in [-0.2, -0.15) is 0 Å². The van der Waals surface area contributed by atoms with Gasteiger partial charge in [0.25, 0.3) is 0 Å². The van der Waals surface area contributed by atoms with Crippen LogP contribution >= 0.6 is 0 Å². The number of benzene rings is 2. The van der Waals surface area contributed by atoms with Crippen LogP contribution in [-0.4, -0.2) is 36.1 Å². The highest BCUT2D eigenvalue weighted by Gasteiger charge is 2.24. The molecule has 1 atom stereocenters. The smallest absolute Gasteiger partial charge is 0.123 e. The lowest BCUT2D eigenvalue weighted by molar-refractivity contribution is 0.237. The van der Waals surface area contributed by atoms with Crippen LogP contribution in [0.1, 0.15) is 23.7 Å². The summed E-state index contributed by atoms with van der Waals surface area (Å²) in [6, 6.07) is 19.3. The summed E-state index contributed by atoms with van der Waals surface area (Å²) in [6.45, 7) is 3.96. The van der Waals surface area contributed by atoms with E-state index in [2.05, 4.69) is 28.4 Å². The number of pyridine rings is 1. The molecule has 4 heteroatoms. The summed E-state index contributed by atoms with van der Waals surface area (Å²) in [4.78, 5) is 7.37. The first kappa shape index (κ1) is 16.2. The van der Waals surface area contributed by atoms with E-state index >= 15 is 0 Å². The predicted octanol–water partition coefficient (Wildman–Crippen LogP) is 3.76. The van der Waals surface area contributed by atoms with Crippen LogP contribution in [0.4, 0.5) is 4.39 Å². The first-order valence-electron chi connectivity index (χ1n) is 8.87. The maximum atomic E-state index is 13.4. The topological polar surface area (TPSA) is 28.2 Å². The van der Waals surface area contributed by atoms with Crippen LogP contribution in [0.5, 0.6) is 0 Å². The second-order valence-electron chi connectivity index (χ2n) is 6.52. The van der Waals surface area contributed by atoms with Gasteiger partial charge in [0.2, 0.25) is 0 Å². The molecule has 4 rings (SSSR count). The summed E-state index contributed by atoms with van der Waals surface area (Å²) in [5, 5.41) is 4.59. The summed E-state index contributed by atoms with van der Waals surface area (Å²) in [7, 11) is 0. The molecular weight excluding hydrogens is 313 g/mol. The molecule has 1 fully saturated rings. The summed E-state index contributed by atoms with van der Waals surface area (Å²) < 4.78 is 13.4. The quantitative estimate of drug-likeness (QED) is 0.790. The van der Waals surface area contributed by atoms with Crippen LogP contribution < -0.4 is 5.32 Å². The molecule has 0 saturated carbocycles. The SMILES string of the molecule is Fc1ccc(C(c2ccc3ccccc3n2)N2CCCNCC2)cc1. The van der Waals surface area contributed by atoms with Gasteiger partial charge >= 0.3 is 0 Å². The van der Waals surface area contributed by atoms with Crippen molar-refractivity contribution >= 4 is 10.9 Å². The average molecular weight is 335 g/mol. The second kappa shape index (κ2) is 7.30. The third-order valence-electron chi connectivity index (χ3n) is 4.83. The molecule has 0 amide bonds. The minimum Gasteiger partial charge on any atom is -0.315 e. The first-order chi connectivity index (χ1) is 12.3. The molecule has 3 aromatic rings. The van der Waals surface area contributed by atoms with E-state index in [4.69, 9.17) is 4.98 Å². The molecule has 1 aromatic heterocycles. The van der Waals surface area contributed by atoms with Crippen molar-refractivity contribution in [3.63, 3.8) is 0 Å². The molecule has 0 spiro atoms. The summed E-state index contributed by atoms with van der Waals surface area (Å²) in [6.07, 6.45) is 1.10.